The minimum absolute atomic E-state index is 0.0225. The van der Waals surface area contributed by atoms with Crippen LogP contribution in [0.3, 0.4) is 0 Å². The van der Waals surface area contributed by atoms with Crippen LogP contribution >= 0.6 is 23.8 Å². The van der Waals surface area contributed by atoms with E-state index in [-0.39, 0.29) is 17.0 Å². The van der Waals surface area contributed by atoms with Crippen LogP contribution in [-0.2, 0) is 4.79 Å². The molecule has 1 aromatic carbocycles. The number of carbonyl (C=O) groups excluding carboxylic acids is 1. The number of benzene rings is 1. The minimum Gasteiger partial charge on any atom is -0.354 e. The third kappa shape index (κ3) is 1.72. The van der Waals surface area contributed by atoms with Gasteiger partial charge in [0, 0.05) is 19.0 Å². The number of carbonyl (C=O) groups is 1. The molecule has 2 heterocycles. The second-order valence-electron chi connectivity index (χ2n) is 4.25. The van der Waals surface area contributed by atoms with Crippen LogP contribution in [0.25, 0.3) is 11.0 Å². The number of H-pyrrole nitrogens is 1. The minimum atomic E-state index is -0.496. The van der Waals surface area contributed by atoms with Crippen molar-refractivity contribution in [3.63, 3.8) is 0 Å². The highest BCUT2D eigenvalue weighted by Crippen LogP contribution is 2.27. The predicted molar refractivity (Wildman–Crippen MR) is 68.8 cm³/mol. The summed E-state index contributed by atoms with van der Waals surface area (Å²) in [6, 6.07) is 2.76. The lowest BCUT2D eigenvalue weighted by molar-refractivity contribution is -0.119. The number of halogens is 2. The first-order valence-electron chi connectivity index (χ1n) is 5.42. The molecule has 1 amide bonds. The Hall–Kier alpha value is -1.40. The summed E-state index contributed by atoms with van der Waals surface area (Å²) in [6.45, 7) is 0.504. The maximum absolute atomic E-state index is 13.5. The first-order chi connectivity index (χ1) is 8.56. The van der Waals surface area contributed by atoms with Crippen molar-refractivity contribution in [3.8, 4) is 0 Å². The molecule has 0 bridgehead atoms. The van der Waals surface area contributed by atoms with Gasteiger partial charge in [-0.25, -0.2) is 4.39 Å². The number of aromatic amines is 1. The largest absolute Gasteiger partial charge is 0.354 e. The van der Waals surface area contributed by atoms with Gasteiger partial charge in [0.25, 0.3) is 0 Å². The molecule has 0 aliphatic carbocycles. The Balaban J connectivity index is 2.22. The maximum Gasteiger partial charge on any atom is 0.222 e. The van der Waals surface area contributed by atoms with E-state index in [1.807, 2.05) is 0 Å². The molecule has 1 atom stereocenters. The zero-order valence-corrected chi connectivity index (χ0v) is 10.7. The SMILES string of the molecule is O=C1CC(n2c(=S)[nH]c3cc(Cl)c(F)cc32)CN1. The predicted octanol–water partition coefficient (Wildman–Crippen LogP) is 2.55. The summed E-state index contributed by atoms with van der Waals surface area (Å²) in [5.41, 5.74) is 1.30. The van der Waals surface area contributed by atoms with Crippen LogP contribution in [0, 0.1) is 10.6 Å². The van der Waals surface area contributed by atoms with Crippen molar-refractivity contribution in [1.82, 2.24) is 14.9 Å². The number of imidazole rings is 1. The van der Waals surface area contributed by atoms with Gasteiger partial charge < -0.3 is 14.9 Å². The first kappa shape index (κ1) is 11.7. The zero-order valence-electron chi connectivity index (χ0n) is 9.17. The van der Waals surface area contributed by atoms with Crippen molar-refractivity contribution < 1.29 is 9.18 Å². The lowest BCUT2D eigenvalue weighted by Gasteiger charge is -2.10. The van der Waals surface area contributed by atoms with E-state index < -0.39 is 5.82 Å². The molecule has 94 valence electrons. The van der Waals surface area contributed by atoms with Gasteiger partial charge in [-0.1, -0.05) is 11.6 Å². The second kappa shape index (κ2) is 4.07. The summed E-state index contributed by atoms with van der Waals surface area (Å²) in [4.78, 5) is 14.2. The smallest absolute Gasteiger partial charge is 0.222 e. The normalized spacial score (nSPS) is 19.4. The average molecular weight is 286 g/mol. The molecule has 0 saturated carbocycles. The molecule has 1 aromatic heterocycles. The Morgan fingerprint density at radius 2 is 2.28 bits per heavy atom. The van der Waals surface area contributed by atoms with Gasteiger partial charge >= 0.3 is 0 Å². The van der Waals surface area contributed by atoms with Crippen molar-refractivity contribution >= 4 is 40.8 Å². The molecule has 4 nitrogen and oxygen atoms in total. The molecule has 3 rings (SSSR count). The average Bonchev–Trinajstić information content (AvgIpc) is 2.83. The molecular weight excluding hydrogens is 277 g/mol. The second-order valence-corrected chi connectivity index (χ2v) is 5.04. The number of nitrogens with one attached hydrogen (secondary N) is 2. The number of nitrogens with zero attached hydrogens (tertiary/aromatic N) is 1. The Morgan fingerprint density at radius 3 is 2.94 bits per heavy atom. The highest BCUT2D eigenvalue weighted by Gasteiger charge is 2.25. The third-order valence-corrected chi connectivity index (χ3v) is 3.67. The molecular formula is C11H9ClFN3OS. The van der Waals surface area contributed by atoms with Crippen molar-refractivity contribution in [3.05, 3.63) is 27.7 Å². The van der Waals surface area contributed by atoms with Gasteiger partial charge in [0.05, 0.1) is 22.1 Å². The molecule has 0 radical (unpaired) electrons. The number of hydrogen-bond donors (Lipinski definition) is 2. The topological polar surface area (TPSA) is 49.8 Å². The monoisotopic (exact) mass is 285 g/mol. The zero-order chi connectivity index (χ0) is 12.9. The molecule has 1 unspecified atom stereocenters. The van der Waals surface area contributed by atoms with Crippen molar-refractivity contribution in [2.24, 2.45) is 0 Å². The summed E-state index contributed by atoms with van der Waals surface area (Å²) in [5.74, 6) is -0.519. The summed E-state index contributed by atoms with van der Waals surface area (Å²) in [7, 11) is 0. The summed E-state index contributed by atoms with van der Waals surface area (Å²) in [6.07, 6.45) is 0.353. The molecule has 2 N–H and O–H groups in total. The van der Waals surface area contributed by atoms with Gasteiger partial charge in [0.1, 0.15) is 5.82 Å². The highest BCUT2D eigenvalue weighted by molar-refractivity contribution is 7.71. The molecule has 1 saturated heterocycles. The van der Waals surface area contributed by atoms with Crippen LogP contribution in [-0.4, -0.2) is 22.0 Å². The molecule has 1 aliphatic rings. The number of aromatic nitrogens is 2. The van der Waals surface area contributed by atoms with Crippen LogP contribution in [0.1, 0.15) is 12.5 Å². The highest BCUT2D eigenvalue weighted by atomic mass is 35.5. The quantitative estimate of drug-likeness (QED) is 0.791. The molecule has 0 spiro atoms. The van der Waals surface area contributed by atoms with E-state index in [0.717, 1.165) is 0 Å². The molecule has 1 fully saturated rings. The fraction of sp³-hybridized carbons (Fsp3) is 0.273. The first-order valence-corrected chi connectivity index (χ1v) is 6.21. The number of amides is 1. The third-order valence-electron chi connectivity index (χ3n) is 3.08. The number of fused-ring (bicyclic) bond motifs is 1. The number of hydrogen-bond acceptors (Lipinski definition) is 2. The van der Waals surface area contributed by atoms with E-state index in [1.165, 1.54) is 12.1 Å². The molecule has 2 aromatic rings. The van der Waals surface area contributed by atoms with Crippen LogP contribution < -0.4 is 5.32 Å². The fourth-order valence-electron chi connectivity index (χ4n) is 2.26. The van der Waals surface area contributed by atoms with E-state index in [2.05, 4.69) is 10.3 Å². The summed E-state index contributed by atoms with van der Waals surface area (Å²) in [5, 5.41) is 2.78. The lowest BCUT2D eigenvalue weighted by atomic mass is 10.2. The molecule has 7 heteroatoms. The maximum atomic E-state index is 13.5. The Bertz CT molecular complexity index is 708. The van der Waals surface area contributed by atoms with Gasteiger partial charge in [-0.3, -0.25) is 4.79 Å². The van der Waals surface area contributed by atoms with Crippen LogP contribution in [0.2, 0.25) is 5.02 Å². The van der Waals surface area contributed by atoms with Gasteiger partial charge in [-0.05, 0) is 18.3 Å². The van der Waals surface area contributed by atoms with Crippen molar-refractivity contribution in [2.75, 3.05) is 6.54 Å². The van der Waals surface area contributed by atoms with E-state index in [0.29, 0.717) is 28.8 Å². The van der Waals surface area contributed by atoms with Crippen LogP contribution in [0.4, 0.5) is 4.39 Å². The van der Waals surface area contributed by atoms with E-state index >= 15 is 0 Å². The molecule has 1 aliphatic heterocycles. The van der Waals surface area contributed by atoms with Gasteiger partial charge in [0.2, 0.25) is 5.91 Å². The number of rotatable bonds is 1. The van der Waals surface area contributed by atoms with Crippen LogP contribution in [0.15, 0.2) is 12.1 Å². The summed E-state index contributed by atoms with van der Waals surface area (Å²) >= 11 is 10.9. The molecule has 18 heavy (non-hydrogen) atoms. The van der Waals surface area contributed by atoms with Crippen molar-refractivity contribution in [1.29, 1.82) is 0 Å². The van der Waals surface area contributed by atoms with E-state index in [4.69, 9.17) is 23.8 Å². The van der Waals surface area contributed by atoms with Gasteiger partial charge in [-0.2, -0.15) is 0 Å². The van der Waals surface area contributed by atoms with E-state index in [1.54, 1.807) is 4.57 Å². The summed E-state index contributed by atoms with van der Waals surface area (Å²) < 4.78 is 15.8. The van der Waals surface area contributed by atoms with Gasteiger partial charge in [0.15, 0.2) is 4.77 Å². The van der Waals surface area contributed by atoms with Crippen molar-refractivity contribution in [2.45, 2.75) is 12.5 Å². The lowest BCUT2D eigenvalue weighted by Crippen LogP contribution is -2.15. The Labute approximate surface area is 112 Å². The van der Waals surface area contributed by atoms with E-state index in [9.17, 15) is 9.18 Å². The Morgan fingerprint density at radius 1 is 1.50 bits per heavy atom. The standard InChI is InChI=1S/C11H9ClFN3OS/c12-6-2-8-9(3-7(6)13)16(11(18)15-8)5-1-10(17)14-4-5/h2-3,5H,1,4H2,(H,14,17)(H,15,18). The fourth-order valence-corrected chi connectivity index (χ4v) is 2.78. The Kier molecular flexibility index (Phi) is 2.64. The van der Waals surface area contributed by atoms with Crippen LogP contribution in [0.5, 0.6) is 0 Å². The van der Waals surface area contributed by atoms with Gasteiger partial charge in [-0.15, -0.1) is 0 Å².